The molecule has 2 heterocycles. The van der Waals surface area contributed by atoms with E-state index in [-0.39, 0.29) is 5.96 Å². The molecule has 2 amide bonds. The van der Waals surface area contributed by atoms with Crippen LogP contribution in [-0.4, -0.2) is 70.4 Å². The molecule has 0 unspecified atom stereocenters. The number of piperazine rings is 1. The Morgan fingerprint density at radius 1 is 0.872 bits per heavy atom. The largest absolute Gasteiger partial charge is 0.444 e. The third-order valence-corrected chi connectivity index (χ3v) is 5.75. The molecule has 10 heteroatoms. The Balaban J connectivity index is 1.48. The molecule has 1 N–H and O–H groups in total. The Bertz CT molecular complexity index is 1370. The fourth-order valence-corrected chi connectivity index (χ4v) is 4.07. The van der Waals surface area contributed by atoms with Crippen LogP contribution in [0.15, 0.2) is 59.7 Å². The Morgan fingerprint density at radius 3 is 2.21 bits per heavy atom. The van der Waals surface area contributed by atoms with Gasteiger partial charge in [-0.05, 0) is 64.4 Å². The number of hydrogen-bond acceptors (Lipinski definition) is 7. The van der Waals surface area contributed by atoms with Gasteiger partial charge in [-0.25, -0.2) is 19.6 Å². The maximum absolute atomic E-state index is 12.5. The zero-order valence-corrected chi connectivity index (χ0v) is 23.4. The average molecular weight is 533 g/mol. The first-order valence-corrected chi connectivity index (χ1v) is 13.0. The highest BCUT2D eigenvalue weighted by Crippen LogP contribution is 2.24. The van der Waals surface area contributed by atoms with E-state index in [1.165, 1.54) is 5.39 Å². The van der Waals surface area contributed by atoms with Crippen molar-refractivity contribution in [3.05, 3.63) is 54.7 Å². The molecule has 1 aliphatic rings. The number of alkyl carbamates (subject to hydrolysis) is 1. The molecule has 3 aromatic rings. The molecule has 0 aliphatic carbocycles. The maximum atomic E-state index is 12.5. The second-order valence-electron chi connectivity index (χ2n) is 11.3. The zero-order chi connectivity index (χ0) is 28.2. The lowest BCUT2D eigenvalue weighted by Crippen LogP contribution is -2.54. The van der Waals surface area contributed by atoms with Gasteiger partial charge in [-0.15, -0.1) is 4.99 Å². The lowest BCUT2D eigenvalue weighted by Gasteiger charge is -2.36. The van der Waals surface area contributed by atoms with Crippen LogP contribution < -0.4 is 10.2 Å². The first kappa shape index (κ1) is 27.8. The summed E-state index contributed by atoms with van der Waals surface area (Å²) in [6, 6.07) is 16.4. The van der Waals surface area contributed by atoms with Crippen molar-refractivity contribution in [2.75, 3.05) is 31.1 Å². The van der Waals surface area contributed by atoms with Gasteiger partial charge in [0.05, 0.1) is 5.69 Å². The molecule has 0 saturated carbocycles. The van der Waals surface area contributed by atoms with Crippen LogP contribution in [0.3, 0.4) is 0 Å². The number of nitrogens with one attached hydrogen (secondary N) is 1. The van der Waals surface area contributed by atoms with Crippen LogP contribution in [0.4, 0.5) is 15.5 Å². The molecule has 1 aliphatic heterocycles. The van der Waals surface area contributed by atoms with Gasteiger partial charge < -0.3 is 19.3 Å². The predicted molar refractivity (Wildman–Crippen MR) is 152 cm³/mol. The van der Waals surface area contributed by atoms with Crippen molar-refractivity contribution in [2.24, 2.45) is 4.99 Å². The van der Waals surface area contributed by atoms with Crippen LogP contribution in [0, 0.1) is 0 Å². The molecule has 10 nitrogen and oxygen atoms in total. The minimum atomic E-state index is -0.789. The lowest BCUT2D eigenvalue weighted by molar-refractivity contribution is 0.0554. The van der Waals surface area contributed by atoms with E-state index in [1.54, 1.807) is 47.7 Å². The van der Waals surface area contributed by atoms with Crippen LogP contribution in [0.25, 0.3) is 22.0 Å². The maximum Gasteiger partial charge on any atom is 0.437 e. The van der Waals surface area contributed by atoms with E-state index in [9.17, 15) is 9.59 Å². The molecule has 0 bridgehead atoms. The van der Waals surface area contributed by atoms with Crippen molar-refractivity contribution < 1.29 is 19.1 Å². The number of aromatic nitrogens is 2. The fourth-order valence-electron chi connectivity index (χ4n) is 4.07. The normalized spacial score (nSPS) is 14.8. The number of rotatable bonds is 2. The number of aliphatic imine (C=N–C) groups is 1. The minimum Gasteiger partial charge on any atom is -0.444 e. The summed E-state index contributed by atoms with van der Waals surface area (Å²) in [5, 5.41) is 4.95. The Hall–Kier alpha value is -4.21. The van der Waals surface area contributed by atoms with Crippen LogP contribution in [0.2, 0.25) is 0 Å². The van der Waals surface area contributed by atoms with Gasteiger partial charge in [0, 0.05) is 37.9 Å². The highest BCUT2D eigenvalue weighted by molar-refractivity contribution is 5.99. The predicted octanol–water partition coefficient (Wildman–Crippen LogP) is 5.23. The number of nitrogens with zero attached hydrogens (tertiary/aromatic N) is 5. The van der Waals surface area contributed by atoms with Gasteiger partial charge in [-0.3, -0.25) is 5.32 Å². The van der Waals surface area contributed by atoms with Crippen molar-refractivity contribution in [1.29, 1.82) is 0 Å². The first-order chi connectivity index (χ1) is 18.4. The van der Waals surface area contributed by atoms with E-state index in [2.05, 4.69) is 50.5 Å². The second-order valence-corrected chi connectivity index (χ2v) is 11.3. The average Bonchev–Trinajstić information content (AvgIpc) is 2.86. The smallest absolute Gasteiger partial charge is 0.437 e. The zero-order valence-electron chi connectivity index (χ0n) is 23.4. The van der Waals surface area contributed by atoms with Gasteiger partial charge in [0.2, 0.25) is 11.9 Å². The summed E-state index contributed by atoms with van der Waals surface area (Å²) in [7, 11) is 0. The summed E-state index contributed by atoms with van der Waals surface area (Å²) in [5.41, 5.74) is 0.438. The number of carbonyl (C=O) groups is 2. The van der Waals surface area contributed by atoms with Gasteiger partial charge in [0.25, 0.3) is 0 Å². The van der Waals surface area contributed by atoms with Crippen molar-refractivity contribution in [2.45, 2.75) is 52.7 Å². The third-order valence-electron chi connectivity index (χ3n) is 5.75. The monoisotopic (exact) mass is 532 g/mol. The fraction of sp³-hybridized carbons (Fsp3) is 0.414. The van der Waals surface area contributed by atoms with E-state index < -0.39 is 23.4 Å². The molecule has 1 fully saturated rings. The molecule has 0 atom stereocenters. The number of guanidine groups is 1. The first-order valence-electron chi connectivity index (χ1n) is 13.0. The van der Waals surface area contributed by atoms with Crippen molar-refractivity contribution in [1.82, 2.24) is 20.2 Å². The number of amides is 2. The topological polar surface area (TPSA) is 109 Å². The van der Waals surface area contributed by atoms with E-state index in [1.807, 2.05) is 23.1 Å². The minimum absolute atomic E-state index is 0.0870. The van der Waals surface area contributed by atoms with Gasteiger partial charge in [0.1, 0.15) is 11.2 Å². The molecular weight excluding hydrogens is 496 g/mol. The molecule has 0 spiro atoms. The lowest BCUT2D eigenvalue weighted by atomic mass is 10.1. The number of benzene rings is 2. The highest BCUT2D eigenvalue weighted by atomic mass is 16.6. The number of anilines is 1. The molecular formula is C29H36N6O4. The third kappa shape index (κ3) is 7.89. The summed E-state index contributed by atoms with van der Waals surface area (Å²) in [6.07, 6.45) is 0.277. The Morgan fingerprint density at radius 2 is 1.54 bits per heavy atom. The van der Waals surface area contributed by atoms with E-state index in [4.69, 9.17) is 14.5 Å². The summed E-state index contributed by atoms with van der Waals surface area (Å²) >= 11 is 0. The summed E-state index contributed by atoms with van der Waals surface area (Å²) in [4.78, 5) is 42.2. The Kier molecular flexibility index (Phi) is 8.03. The molecule has 206 valence electrons. The van der Waals surface area contributed by atoms with Gasteiger partial charge >= 0.3 is 12.2 Å². The SMILES string of the molecule is CC(C)(C)OC(=O)/N=C(\NC(=O)OC(C)(C)C)N1CCN(c2nccc(-c3ccc4ccccc4c3)n2)CC1. The number of ether oxygens (including phenoxy) is 2. The molecule has 39 heavy (non-hydrogen) atoms. The van der Waals surface area contributed by atoms with E-state index in [0.29, 0.717) is 32.1 Å². The van der Waals surface area contributed by atoms with Gasteiger partial charge in [-0.1, -0.05) is 36.4 Å². The number of hydrogen-bond donors (Lipinski definition) is 1. The number of carbonyl (C=O) groups excluding carboxylic acids is 2. The van der Waals surface area contributed by atoms with Crippen molar-refractivity contribution >= 4 is 34.9 Å². The summed E-state index contributed by atoms with van der Waals surface area (Å²) < 4.78 is 10.7. The van der Waals surface area contributed by atoms with E-state index >= 15 is 0 Å². The standard InChI is InChI=1S/C29H36N6O4/c1-28(2,3)38-26(36)32-25(33-27(37)39-29(4,5)6)35-17-15-34(16-18-35)24-30-14-13-23(31-24)22-12-11-20-9-7-8-10-21(20)19-22/h7-14,19H,15-18H2,1-6H3,(H,32,33,36,37). The quantitative estimate of drug-likeness (QED) is 0.353. The molecule has 0 radical (unpaired) electrons. The molecule has 4 rings (SSSR count). The van der Waals surface area contributed by atoms with Crippen molar-refractivity contribution in [3.63, 3.8) is 0 Å². The van der Waals surface area contributed by atoms with E-state index in [0.717, 1.165) is 16.6 Å². The summed E-state index contributed by atoms with van der Waals surface area (Å²) in [5.74, 6) is 0.704. The Labute approximate surface area is 229 Å². The molecule has 1 saturated heterocycles. The van der Waals surface area contributed by atoms with Crippen LogP contribution in [0.1, 0.15) is 41.5 Å². The van der Waals surface area contributed by atoms with Crippen LogP contribution >= 0.6 is 0 Å². The second kappa shape index (κ2) is 11.3. The summed E-state index contributed by atoms with van der Waals surface area (Å²) in [6.45, 7) is 12.6. The van der Waals surface area contributed by atoms with Gasteiger partial charge in [0.15, 0.2) is 0 Å². The van der Waals surface area contributed by atoms with Gasteiger partial charge in [-0.2, -0.15) is 0 Å². The number of fused-ring (bicyclic) bond motifs is 1. The molecule has 1 aromatic heterocycles. The molecule has 2 aromatic carbocycles. The van der Waals surface area contributed by atoms with Crippen molar-refractivity contribution in [3.8, 4) is 11.3 Å². The van der Waals surface area contributed by atoms with Crippen LogP contribution in [0.5, 0.6) is 0 Å². The highest BCUT2D eigenvalue weighted by Gasteiger charge is 2.27. The van der Waals surface area contributed by atoms with Crippen LogP contribution in [-0.2, 0) is 9.47 Å².